The van der Waals surface area contributed by atoms with Crippen molar-refractivity contribution in [1.29, 1.82) is 0 Å². The lowest BCUT2D eigenvalue weighted by Crippen LogP contribution is -2.46. The lowest BCUT2D eigenvalue weighted by Gasteiger charge is -2.36. The van der Waals surface area contributed by atoms with E-state index in [9.17, 15) is 18.0 Å². The summed E-state index contributed by atoms with van der Waals surface area (Å²) in [7, 11) is 1.54. The summed E-state index contributed by atoms with van der Waals surface area (Å²) >= 11 is 5.91. The highest BCUT2D eigenvalue weighted by Gasteiger charge is 2.36. The van der Waals surface area contributed by atoms with Gasteiger partial charge in [-0.25, -0.2) is 4.98 Å². The number of nitrogens with zero attached hydrogens (tertiary/aromatic N) is 2. The largest absolute Gasteiger partial charge is 0.497 e. The number of methoxy groups -OCH3 is 1. The molecule has 1 amide bonds. The molecule has 0 bridgehead atoms. The number of alkyl halides is 3. The molecule has 1 aliphatic heterocycles. The molecule has 1 aromatic carbocycles. The zero-order chi connectivity index (χ0) is 22.1. The summed E-state index contributed by atoms with van der Waals surface area (Å²) in [6.45, 7) is 1.95. The van der Waals surface area contributed by atoms with Crippen molar-refractivity contribution < 1.29 is 22.7 Å². The van der Waals surface area contributed by atoms with Gasteiger partial charge >= 0.3 is 6.18 Å². The predicted molar refractivity (Wildman–Crippen MR) is 107 cm³/mol. The Morgan fingerprint density at radius 3 is 2.77 bits per heavy atom. The maximum Gasteiger partial charge on any atom is 0.417 e. The van der Waals surface area contributed by atoms with Crippen molar-refractivity contribution in [2.24, 2.45) is 5.73 Å². The van der Waals surface area contributed by atoms with Crippen molar-refractivity contribution in [1.82, 2.24) is 9.88 Å². The number of nitrogens with two attached hydrogens (primary N) is 1. The SMILES string of the molecule is COc1ccnc(NC2=C(N)C(C)N(C(=O)c3cccc(C(F)(F)F)c3Cl)CC2)c1. The van der Waals surface area contributed by atoms with E-state index in [4.69, 9.17) is 22.1 Å². The topological polar surface area (TPSA) is 80.5 Å². The minimum absolute atomic E-state index is 0.211. The van der Waals surface area contributed by atoms with Gasteiger partial charge in [0.1, 0.15) is 11.6 Å². The fourth-order valence-electron chi connectivity index (χ4n) is 3.23. The molecule has 10 heteroatoms. The van der Waals surface area contributed by atoms with Gasteiger partial charge in [-0.15, -0.1) is 0 Å². The zero-order valence-corrected chi connectivity index (χ0v) is 17.0. The normalized spacial score (nSPS) is 17.1. The van der Waals surface area contributed by atoms with E-state index in [2.05, 4.69) is 10.3 Å². The van der Waals surface area contributed by atoms with Crippen LogP contribution < -0.4 is 15.8 Å². The van der Waals surface area contributed by atoms with Crippen molar-refractivity contribution in [3.63, 3.8) is 0 Å². The average molecular weight is 441 g/mol. The van der Waals surface area contributed by atoms with Crippen LogP contribution in [-0.2, 0) is 6.18 Å². The lowest BCUT2D eigenvalue weighted by atomic mass is 10.0. The van der Waals surface area contributed by atoms with Gasteiger partial charge in [-0.1, -0.05) is 17.7 Å². The second-order valence-electron chi connectivity index (χ2n) is 6.73. The number of benzene rings is 1. The summed E-state index contributed by atoms with van der Waals surface area (Å²) in [5.74, 6) is 0.534. The number of nitrogens with one attached hydrogen (secondary N) is 1. The fraction of sp³-hybridized carbons (Fsp3) is 0.300. The number of aromatic nitrogens is 1. The maximum absolute atomic E-state index is 13.1. The number of hydrogen-bond donors (Lipinski definition) is 2. The molecule has 0 aliphatic carbocycles. The van der Waals surface area contributed by atoms with Crippen molar-refractivity contribution in [3.8, 4) is 5.75 Å². The molecule has 0 radical (unpaired) electrons. The molecule has 0 saturated heterocycles. The molecule has 160 valence electrons. The molecule has 1 aromatic heterocycles. The molecule has 1 atom stereocenters. The van der Waals surface area contributed by atoms with Gasteiger partial charge in [0, 0.05) is 30.9 Å². The smallest absolute Gasteiger partial charge is 0.417 e. The summed E-state index contributed by atoms with van der Waals surface area (Å²) < 4.78 is 44.5. The number of carbonyl (C=O) groups excluding carboxylic acids is 1. The summed E-state index contributed by atoms with van der Waals surface area (Å²) in [5.41, 5.74) is 6.05. The number of pyridine rings is 1. The summed E-state index contributed by atoms with van der Waals surface area (Å²) in [5, 5.41) is 2.51. The van der Waals surface area contributed by atoms with Crippen LogP contribution in [-0.4, -0.2) is 35.5 Å². The van der Waals surface area contributed by atoms with Crippen LogP contribution in [0.2, 0.25) is 5.02 Å². The van der Waals surface area contributed by atoms with E-state index in [0.717, 1.165) is 12.1 Å². The number of halogens is 4. The molecule has 2 aromatic rings. The number of rotatable bonds is 4. The zero-order valence-electron chi connectivity index (χ0n) is 16.3. The molecular formula is C20H20ClF3N4O2. The van der Waals surface area contributed by atoms with Gasteiger partial charge in [0.15, 0.2) is 0 Å². The Morgan fingerprint density at radius 2 is 2.10 bits per heavy atom. The minimum atomic E-state index is -4.65. The number of anilines is 1. The van der Waals surface area contributed by atoms with Gasteiger partial charge < -0.3 is 20.7 Å². The molecule has 30 heavy (non-hydrogen) atoms. The second kappa shape index (κ2) is 8.43. The highest BCUT2D eigenvalue weighted by atomic mass is 35.5. The first-order valence-corrected chi connectivity index (χ1v) is 9.43. The molecule has 0 saturated carbocycles. The predicted octanol–water partition coefficient (Wildman–Crippen LogP) is 4.28. The Morgan fingerprint density at radius 1 is 1.37 bits per heavy atom. The summed E-state index contributed by atoms with van der Waals surface area (Å²) in [6, 6.07) is 6.13. The Balaban J connectivity index is 1.84. The van der Waals surface area contributed by atoms with Gasteiger partial charge in [0.25, 0.3) is 5.91 Å². The van der Waals surface area contributed by atoms with E-state index in [1.54, 1.807) is 25.3 Å². The summed E-state index contributed by atoms with van der Waals surface area (Å²) in [6.07, 6.45) is -2.70. The van der Waals surface area contributed by atoms with Crippen LogP contribution in [0, 0.1) is 0 Å². The quantitative estimate of drug-likeness (QED) is 0.741. The third kappa shape index (κ3) is 4.30. The van der Waals surface area contributed by atoms with Crippen LogP contribution >= 0.6 is 11.6 Å². The number of amides is 1. The number of ether oxygens (including phenoxy) is 1. The highest BCUT2D eigenvalue weighted by molar-refractivity contribution is 6.34. The fourth-order valence-corrected chi connectivity index (χ4v) is 3.55. The standard InChI is InChI=1S/C20H20ClF3N4O2/c1-11-18(25)15(27-16-10-12(30-2)6-8-26-16)7-9-28(11)19(29)13-4-3-5-14(17(13)21)20(22,23)24/h3-6,8,10-11H,7,9,25H2,1-2H3,(H,26,27). The monoisotopic (exact) mass is 440 g/mol. The van der Waals surface area contributed by atoms with Gasteiger partial charge in [0.2, 0.25) is 0 Å². The lowest BCUT2D eigenvalue weighted by molar-refractivity contribution is -0.137. The first-order chi connectivity index (χ1) is 14.1. The first-order valence-electron chi connectivity index (χ1n) is 9.05. The van der Waals surface area contributed by atoms with Crippen molar-refractivity contribution in [3.05, 3.63) is 64.1 Å². The maximum atomic E-state index is 13.1. The Labute approximate surface area is 176 Å². The molecule has 2 heterocycles. The van der Waals surface area contributed by atoms with Crippen LogP contribution in [0.25, 0.3) is 0 Å². The van der Waals surface area contributed by atoms with Crippen molar-refractivity contribution in [2.45, 2.75) is 25.6 Å². The van der Waals surface area contributed by atoms with E-state index >= 15 is 0 Å². The Bertz CT molecular complexity index is 994. The first kappa shape index (κ1) is 21.8. The third-order valence-electron chi connectivity index (χ3n) is 4.91. The van der Waals surface area contributed by atoms with E-state index in [0.29, 0.717) is 29.4 Å². The van der Waals surface area contributed by atoms with Crippen molar-refractivity contribution in [2.75, 3.05) is 19.0 Å². The van der Waals surface area contributed by atoms with E-state index in [1.807, 2.05) is 0 Å². The Hall–Kier alpha value is -2.94. The Kier molecular flexibility index (Phi) is 6.12. The van der Waals surface area contributed by atoms with Gasteiger partial charge in [-0.2, -0.15) is 13.2 Å². The highest BCUT2D eigenvalue weighted by Crippen LogP contribution is 2.37. The van der Waals surface area contributed by atoms with Crippen LogP contribution in [0.1, 0.15) is 29.3 Å². The van der Waals surface area contributed by atoms with E-state index in [1.165, 1.54) is 18.1 Å². The van der Waals surface area contributed by atoms with Crippen LogP contribution in [0.3, 0.4) is 0 Å². The van der Waals surface area contributed by atoms with Crippen molar-refractivity contribution >= 4 is 23.3 Å². The molecule has 0 spiro atoms. The molecule has 3 N–H and O–H groups in total. The van der Waals surface area contributed by atoms with E-state index < -0.39 is 28.7 Å². The molecular weight excluding hydrogens is 421 g/mol. The number of carbonyl (C=O) groups is 1. The third-order valence-corrected chi connectivity index (χ3v) is 5.32. The molecule has 1 unspecified atom stereocenters. The van der Waals surface area contributed by atoms with Gasteiger partial charge in [-0.05, 0) is 25.1 Å². The second-order valence-corrected chi connectivity index (χ2v) is 7.11. The minimum Gasteiger partial charge on any atom is -0.497 e. The van der Waals surface area contributed by atoms with Gasteiger partial charge in [-0.3, -0.25) is 4.79 Å². The summed E-state index contributed by atoms with van der Waals surface area (Å²) in [4.78, 5) is 18.6. The average Bonchev–Trinajstić information content (AvgIpc) is 2.70. The molecule has 6 nitrogen and oxygen atoms in total. The van der Waals surface area contributed by atoms with Gasteiger partial charge in [0.05, 0.1) is 35.0 Å². The molecule has 3 rings (SSSR count). The van der Waals surface area contributed by atoms with Crippen LogP contribution in [0.4, 0.5) is 19.0 Å². The number of hydrogen-bond acceptors (Lipinski definition) is 5. The van der Waals surface area contributed by atoms with Crippen LogP contribution in [0.15, 0.2) is 47.9 Å². The van der Waals surface area contributed by atoms with E-state index in [-0.39, 0.29) is 12.1 Å². The molecule has 0 fully saturated rings. The van der Waals surface area contributed by atoms with Crippen LogP contribution in [0.5, 0.6) is 5.75 Å². The molecule has 1 aliphatic rings.